The first kappa shape index (κ1) is 16.4. The van der Waals surface area contributed by atoms with Crippen LogP contribution >= 0.6 is 11.3 Å². The van der Waals surface area contributed by atoms with Gasteiger partial charge in [-0.05, 0) is 44.0 Å². The Bertz CT molecular complexity index is 774. The molecule has 3 rings (SSSR count). The molecule has 0 radical (unpaired) electrons. The second-order valence-electron chi connectivity index (χ2n) is 5.72. The zero-order chi connectivity index (χ0) is 17.1. The van der Waals surface area contributed by atoms with Crippen molar-refractivity contribution in [3.05, 3.63) is 46.5 Å². The average molecular weight is 341 g/mol. The molecular formula is C18H19N3O2S. The maximum atomic E-state index is 11.9. The van der Waals surface area contributed by atoms with Gasteiger partial charge in [0.25, 0.3) is 0 Å². The molecular weight excluding hydrogens is 322 g/mol. The highest BCUT2D eigenvalue weighted by atomic mass is 32.1. The van der Waals surface area contributed by atoms with Gasteiger partial charge < -0.3 is 4.90 Å². The van der Waals surface area contributed by atoms with Gasteiger partial charge in [0.1, 0.15) is 0 Å². The third-order valence-corrected chi connectivity index (χ3v) is 4.95. The summed E-state index contributed by atoms with van der Waals surface area (Å²) in [4.78, 5) is 30.8. The molecule has 0 aliphatic carbocycles. The molecule has 1 aromatic carbocycles. The number of thiazole rings is 1. The number of carbonyl (C=O) groups is 2. The van der Waals surface area contributed by atoms with Crippen molar-refractivity contribution in [2.75, 3.05) is 16.8 Å². The maximum Gasteiger partial charge on any atom is 0.250 e. The Morgan fingerprint density at radius 3 is 2.62 bits per heavy atom. The van der Waals surface area contributed by atoms with Gasteiger partial charge in [-0.1, -0.05) is 12.1 Å². The summed E-state index contributed by atoms with van der Waals surface area (Å²) in [6, 6.07) is 7.63. The van der Waals surface area contributed by atoms with Gasteiger partial charge in [-0.15, -0.1) is 11.3 Å². The Labute approximate surface area is 145 Å². The van der Waals surface area contributed by atoms with Crippen molar-refractivity contribution in [1.82, 2.24) is 4.98 Å². The Morgan fingerprint density at radius 2 is 2.04 bits per heavy atom. The number of anilines is 2. The van der Waals surface area contributed by atoms with Crippen molar-refractivity contribution in [3.63, 3.8) is 0 Å². The lowest BCUT2D eigenvalue weighted by Gasteiger charge is -2.15. The number of amides is 2. The van der Waals surface area contributed by atoms with Crippen LogP contribution in [-0.2, 0) is 9.59 Å². The fraction of sp³-hybridized carbons (Fsp3) is 0.278. The first-order valence-electron chi connectivity index (χ1n) is 7.86. The number of nitrogens with zero attached hydrogens (tertiary/aromatic N) is 2. The van der Waals surface area contributed by atoms with E-state index in [0.29, 0.717) is 11.6 Å². The van der Waals surface area contributed by atoms with E-state index in [9.17, 15) is 9.59 Å². The second kappa shape index (κ2) is 6.97. The lowest BCUT2D eigenvalue weighted by atomic mass is 10.2. The van der Waals surface area contributed by atoms with E-state index in [2.05, 4.69) is 10.3 Å². The molecule has 1 aromatic heterocycles. The monoisotopic (exact) mass is 341 g/mol. The summed E-state index contributed by atoms with van der Waals surface area (Å²) in [6.45, 7) is 4.68. The Hall–Kier alpha value is -2.47. The van der Waals surface area contributed by atoms with Crippen LogP contribution in [0.5, 0.6) is 0 Å². The summed E-state index contributed by atoms with van der Waals surface area (Å²) in [7, 11) is 0. The van der Waals surface area contributed by atoms with Crippen LogP contribution in [-0.4, -0.2) is 23.3 Å². The number of nitrogens with one attached hydrogen (secondary N) is 1. The zero-order valence-electron chi connectivity index (χ0n) is 13.7. The lowest BCUT2D eigenvalue weighted by molar-refractivity contribution is -0.117. The summed E-state index contributed by atoms with van der Waals surface area (Å²) in [6.07, 6.45) is 4.77. The minimum absolute atomic E-state index is 0.173. The predicted molar refractivity (Wildman–Crippen MR) is 97.3 cm³/mol. The highest BCUT2D eigenvalue weighted by molar-refractivity contribution is 7.15. The topological polar surface area (TPSA) is 62.3 Å². The third kappa shape index (κ3) is 3.71. The Kier molecular flexibility index (Phi) is 4.76. The van der Waals surface area contributed by atoms with E-state index in [0.717, 1.165) is 34.8 Å². The van der Waals surface area contributed by atoms with Crippen LogP contribution in [0.1, 0.15) is 29.0 Å². The standard InChI is InChI=1S/C18H19N3O2S/c1-12-13(2)24-18(19-12)20-16(22)10-7-14-5-8-15(9-6-14)21-11-3-4-17(21)23/h5-10H,3-4,11H2,1-2H3,(H,19,20,22)/b10-7+. The summed E-state index contributed by atoms with van der Waals surface area (Å²) in [5.41, 5.74) is 2.76. The van der Waals surface area contributed by atoms with Gasteiger partial charge >= 0.3 is 0 Å². The number of benzene rings is 1. The molecule has 1 N–H and O–H groups in total. The second-order valence-corrected chi connectivity index (χ2v) is 6.93. The molecule has 6 heteroatoms. The number of aryl methyl sites for hydroxylation is 2. The molecule has 0 unspecified atom stereocenters. The highest BCUT2D eigenvalue weighted by Crippen LogP contribution is 2.22. The van der Waals surface area contributed by atoms with Crippen molar-refractivity contribution in [3.8, 4) is 0 Å². The largest absolute Gasteiger partial charge is 0.312 e. The first-order valence-corrected chi connectivity index (χ1v) is 8.68. The Balaban J connectivity index is 1.61. The lowest BCUT2D eigenvalue weighted by Crippen LogP contribution is -2.23. The van der Waals surface area contributed by atoms with Gasteiger partial charge in [0.05, 0.1) is 5.69 Å². The van der Waals surface area contributed by atoms with E-state index in [-0.39, 0.29) is 11.8 Å². The minimum atomic E-state index is -0.206. The number of carbonyl (C=O) groups excluding carboxylic acids is 2. The molecule has 24 heavy (non-hydrogen) atoms. The van der Waals surface area contributed by atoms with Crippen LogP contribution in [0, 0.1) is 13.8 Å². The minimum Gasteiger partial charge on any atom is -0.312 e. The first-order chi connectivity index (χ1) is 11.5. The van der Waals surface area contributed by atoms with Crippen LogP contribution < -0.4 is 10.2 Å². The highest BCUT2D eigenvalue weighted by Gasteiger charge is 2.21. The molecule has 1 saturated heterocycles. The fourth-order valence-electron chi connectivity index (χ4n) is 2.53. The van der Waals surface area contributed by atoms with Gasteiger partial charge in [-0.2, -0.15) is 0 Å². The van der Waals surface area contributed by atoms with Gasteiger partial charge in [0.2, 0.25) is 11.8 Å². The van der Waals surface area contributed by atoms with Gasteiger partial charge in [0.15, 0.2) is 5.13 Å². The van der Waals surface area contributed by atoms with E-state index in [1.54, 1.807) is 11.0 Å². The number of hydrogen-bond acceptors (Lipinski definition) is 4. The summed E-state index contributed by atoms with van der Waals surface area (Å²) in [5, 5.41) is 3.38. The van der Waals surface area contributed by atoms with Crippen LogP contribution in [0.3, 0.4) is 0 Å². The quantitative estimate of drug-likeness (QED) is 0.865. The van der Waals surface area contributed by atoms with Crippen molar-refractivity contribution < 1.29 is 9.59 Å². The van der Waals surface area contributed by atoms with Crippen molar-refractivity contribution in [2.45, 2.75) is 26.7 Å². The molecule has 2 amide bonds. The molecule has 0 saturated carbocycles. The number of aromatic nitrogens is 1. The van der Waals surface area contributed by atoms with Crippen molar-refractivity contribution in [1.29, 1.82) is 0 Å². The number of rotatable bonds is 4. The molecule has 5 nitrogen and oxygen atoms in total. The number of hydrogen-bond donors (Lipinski definition) is 1. The molecule has 2 aromatic rings. The predicted octanol–water partition coefficient (Wildman–Crippen LogP) is 3.54. The van der Waals surface area contributed by atoms with E-state index in [4.69, 9.17) is 0 Å². The molecule has 0 atom stereocenters. The van der Waals surface area contributed by atoms with Crippen LogP contribution in [0.15, 0.2) is 30.3 Å². The Morgan fingerprint density at radius 1 is 1.29 bits per heavy atom. The fourth-order valence-corrected chi connectivity index (χ4v) is 3.35. The molecule has 0 bridgehead atoms. The summed E-state index contributed by atoms with van der Waals surface area (Å²) in [5.74, 6) is -0.0331. The molecule has 1 aliphatic rings. The summed E-state index contributed by atoms with van der Waals surface area (Å²) >= 11 is 1.47. The van der Waals surface area contributed by atoms with Gasteiger partial charge in [-0.3, -0.25) is 14.9 Å². The molecule has 0 spiro atoms. The smallest absolute Gasteiger partial charge is 0.250 e. The maximum absolute atomic E-state index is 11.9. The van der Waals surface area contributed by atoms with Crippen LogP contribution in [0.4, 0.5) is 10.8 Å². The summed E-state index contributed by atoms with van der Waals surface area (Å²) < 4.78 is 0. The zero-order valence-corrected chi connectivity index (χ0v) is 14.5. The van der Waals surface area contributed by atoms with E-state index in [1.165, 1.54) is 17.4 Å². The van der Waals surface area contributed by atoms with Gasteiger partial charge in [0, 0.05) is 29.6 Å². The van der Waals surface area contributed by atoms with Crippen LogP contribution in [0.2, 0.25) is 0 Å². The molecule has 1 fully saturated rings. The normalized spacial score (nSPS) is 14.6. The molecule has 1 aliphatic heterocycles. The SMILES string of the molecule is Cc1nc(NC(=O)/C=C/c2ccc(N3CCCC3=O)cc2)sc1C. The molecule has 124 valence electrons. The van der Waals surface area contributed by atoms with Crippen LogP contribution in [0.25, 0.3) is 6.08 Å². The molecule has 2 heterocycles. The van der Waals surface area contributed by atoms with Crippen molar-refractivity contribution >= 4 is 40.0 Å². The third-order valence-electron chi connectivity index (χ3n) is 3.96. The van der Waals surface area contributed by atoms with E-state index >= 15 is 0 Å². The average Bonchev–Trinajstić information content (AvgIpc) is 3.12. The van der Waals surface area contributed by atoms with Gasteiger partial charge in [-0.25, -0.2) is 4.98 Å². The van der Waals surface area contributed by atoms with Crippen molar-refractivity contribution in [2.24, 2.45) is 0 Å². The van der Waals surface area contributed by atoms with E-state index < -0.39 is 0 Å². The van der Waals surface area contributed by atoms with E-state index in [1.807, 2.05) is 38.1 Å².